The second kappa shape index (κ2) is 9.53. The van der Waals surface area contributed by atoms with Gasteiger partial charge >= 0.3 is 6.09 Å². The Morgan fingerprint density at radius 3 is 2.12 bits per heavy atom. The molecule has 0 N–H and O–H groups in total. The highest BCUT2D eigenvalue weighted by molar-refractivity contribution is 6.02. The molecule has 1 aliphatic rings. The van der Waals surface area contributed by atoms with Gasteiger partial charge in [0.2, 0.25) is 0 Å². The molecule has 33 heavy (non-hydrogen) atoms. The van der Waals surface area contributed by atoms with Crippen LogP contribution in [-0.2, 0) is 4.74 Å². The number of carbonyl (C=O) groups is 1. The molecule has 170 valence electrons. The number of anilines is 1. The predicted octanol–water partition coefficient (Wildman–Crippen LogP) is 6.94. The Balaban J connectivity index is 1.48. The lowest BCUT2D eigenvalue weighted by atomic mass is 9.99. The van der Waals surface area contributed by atoms with Crippen LogP contribution in [0.1, 0.15) is 43.9 Å². The van der Waals surface area contributed by atoms with Gasteiger partial charge in [-0.2, -0.15) is 0 Å². The number of rotatable bonds is 5. The van der Waals surface area contributed by atoms with Crippen molar-refractivity contribution in [3.05, 3.63) is 89.5 Å². The quantitative estimate of drug-likeness (QED) is 0.424. The number of halogens is 2. The van der Waals surface area contributed by atoms with Crippen LogP contribution in [0.2, 0.25) is 0 Å². The largest absolute Gasteiger partial charge is 0.446 e. The maximum atomic E-state index is 14.1. The molecule has 0 saturated carbocycles. The molecule has 1 unspecified atom stereocenters. The van der Waals surface area contributed by atoms with Crippen LogP contribution in [-0.4, -0.2) is 25.0 Å². The molecule has 0 radical (unpaired) electrons. The third-order valence-electron chi connectivity index (χ3n) is 5.71. The summed E-state index contributed by atoms with van der Waals surface area (Å²) in [5.74, 6) is -1.15. The number of carbonyl (C=O) groups excluding carboxylic acids is 1. The normalized spacial score (nSPS) is 15.5. The highest BCUT2D eigenvalue weighted by atomic mass is 19.1. The molecule has 0 saturated heterocycles. The van der Waals surface area contributed by atoms with E-state index in [4.69, 9.17) is 4.74 Å². The van der Waals surface area contributed by atoms with E-state index in [0.717, 1.165) is 28.8 Å². The Bertz CT molecular complexity index is 1150. The van der Waals surface area contributed by atoms with Crippen molar-refractivity contribution in [1.82, 2.24) is 0 Å². The molecular formula is C27H26F2N2O2. The molecular weight excluding hydrogens is 422 g/mol. The molecule has 1 amide bonds. The van der Waals surface area contributed by atoms with Crippen LogP contribution < -0.4 is 4.90 Å². The first-order chi connectivity index (χ1) is 15.8. The number of amides is 1. The van der Waals surface area contributed by atoms with Crippen LogP contribution in [0.25, 0.3) is 11.1 Å². The minimum atomic E-state index is -0.573. The minimum Gasteiger partial charge on any atom is -0.446 e. The monoisotopic (exact) mass is 448 g/mol. The highest BCUT2D eigenvalue weighted by Gasteiger charge is 2.24. The van der Waals surface area contributed by atoms with Crippen molar-refractivity contribution < 1.29 is 18.3 Å². The molecule has 0 fully saturated rings. The molecule has 0 spiro atoms. The summed E-state index contributed by atoms with van der Waals surface area (Å²) in [4.78, 5) is 18.2. The number of ether oxygens (including phenoxy) is 1. The summed E-state index contributed by atoms with van der Waals surface area (Å²) in [5, 5.41) is 0. The van der Waals surface area contributed by atoms with Gasteiger partial charge in [0, 0.05) is 18.4 Å². The average molecular weight is 449 g/mol. The van der Waals surface area contributed by atoms with Gasteiger partial charge in [0.05, 0.1) is 17.7 Å². The lowest BCUT2D eigenvalue weighted by Crippen LogP contribution is -2.29. The van der Waals surface area contributed by atoms with E-state index < -0.39 is 17.7 Å². The number of benzene rings is 3. The Labute approximate surface area is 192 Å². The molecule has 0 aliphatic carbocycles. The lowest BCUT2D eigenvalue weighted by molar-refractivity contribution is 0.124. The summed E-state index contributed by atoms with van der Waals surface area (Å²) in [6.45, 7) is 3.63. The molecule has 3 aromatic carbocycles. The van der Waals surface area contributed by atoms with Crippen LogP contribution >= 0.6 is 0 Å². The van der Waals surface area contributed by atoms with Crippen LogP contribution in [0, 0.1) is 11.6 Å². The third-order valence-corrected chi connectivity index (χ3v) is 5.71. The third kappa shape index (κ3) is 4.95. The van der Waals surface area contributed by atoms with Gasteiger partial charge in [-0.15, -0.1) is 0 Å². The Morgan fingerprint density at radius 1 is 0.970 bits per heavy atom. The maximum absolute atomic E-state index is 14.1. The molecule has 1 heterocycles. The van der Waals surface area contributed by atoms with Crippen molar-refractivity contribution in [2.75, 3.05) is 11.9 Å². The number of nitrogens with zero attached hydrogens (tertiary/aromatic N) is 2. The zero-order valence-corrected chi connectivity index (χ0v) is 18.9. The van der Waals surface area contributed by atoms with E-state index in [9.17, 15) is 13.6 Å². The van der Waals surface area contributed by atoms with E-state index in [2.05, 4.69) is 4.99 Å². The summed E-state index contributed by atoms with van der Waals surface area (Å²) in [6.07, 6.45) is 0.687. The summed E-state index contributed by atoms with van der Waals surface area (Å²) in [7, 11) is 1.68. The fourth-order valence-electron chi connectivity index (χ4n) is 3.96. The molecule has 4 nitrogen and oxygen atoms in total. The number of hydrogen-bond acceptors (Lipinski definition) is 3. The predicted molar refractivity (Wildman–Crippen MR) is 127 cm³/mol. The van der Waals surface area contributed by atoms with Gasteiger partial charge in [0.25, 0.3) is 0 Å². The maximum Gasteiger partial charge on any atom is 0.414 e. The fraction of sp³-hybridized carbons (Fsp3) is 0.259. The van der Waals surface area contributed by atoms with Crippen molar-refractivity contribution in [2.24, 2.45) is 4.99 Å². The van der Waals surface area contributed by atoms with E-state index in [1.807, 2.05) is 62.4 Å². The summed E-state index contributed by atoms with van der Waals surface area (Å²) in [6, 6.07) is 19.5. The first-order valence-corrected chi connectivity index (χ1v) is 11.0. The van der Waals surface area contributed by atoms with Gasteiger partial charge in [-0.25, -0.2) is 13.6 Å². The second-order valence-corrected chi connectivity index (χ2v) is 8.39. The van der Waals surface area contributed by atoms with E-state index >= 15 is 0 Å². The first-order valence-electron chi connectivity index (χ1n) is 11.0. The Kier molecular flexibility index (Phi) is 6.54. The summed E-state index contributed by atoms with van der Waals surface area (Å²) < 4.78 is 33.4. The Morgan fingerprint density at radius 2 is 1.55 bits per heavy atom. The summed E-state index contributed by atoms with van der Waals surface area (Å²) >= 11 is 0. The van der Waals surface area contributed by atoms with Crippen molar-refractivity contribution in [1.29, 1.82) is 0 Å². The van der Waals surface area contributed by atoms with Gasteiger partial charge in [0.1, 0.15) is 11.6 Å². The number of aliphatic imine (C=N–C) groups is 1. The van der Waals surface area contributed by atoms with Gasteiger partial charge in [-0.05, 0) is 67.6 Å². The van der Waals surface area contributed by atoms with Crippen molar-refractivity contribution >= 4 is 17.5 Å². The fourth-order valence-corrected chi connectivity index (χ4v) is 3.96. The van der Waals surface area contributed by atoms with Crippen LogP contribution in [0.5, 0.6) is 0 Å². The minimum absolute atomic E-state index is 0.0149. The smallest absolute Gasteiger partial charge is 0.414 e. The van der Waals surface area contributed by atoms with Crippen molar-refractivity contribution in [3.8, 4) is 11.1 Å². The van der Waals surface area contributed by atoms with E-state index in [0.29, 0.717) is 12.1 Å². The molecule has 4 rings (SSSR count). The Hall–Kier alpha value is -3.54. The van der Waals surface area contributed by atoms with Crippen LogP contribution in [0.4, 0.5) is 19.3 Å². The molecule has 0 bridgehead atoms. The SMILES string of the molecule is CC(C)OC(=O)N(C)c1ccc(-c2ccc(C3CCC(c4c(F)cccc4F)=N3)cc2)cc1. The number of hydrogen-bond donors (Lipinski definition) is 0. The zero-order chi connectivity index (χ0) is 23.5. The zero-order valence-electron chi connectivity index (χ0n) is 18.9. The van der Waals surface area contributed by atoms with Gasteiger partial charge < -0.3 is 4.74 Å². The van der Waals surface area contributed by atoms with Gasteiger partial charge in [0.15, 0.2) is 0 Å². The molecule has 0 aromatic heterocycles. The standard InChI is InChI=1S/C27H26F2N2O2/c1-17(2)33-27(32)31(3)21-13-11-19(12-14-21)18-7-9-20(10-8-18)24-15-16-25(30-24)26-22(28)5-4-6-23(26)29/h4-14,17,24H,15-16H2,1-3H3. The molecule has 1 aliphatic heterocycles. The molecule has 1 atom stereocenters. The van der Waals surface area contributed by atoms with E-state index in [-0.39, 0.29) is 17.7 Å². The first kappa shape index (κ1) is 22.6. The second-order valence-electron chi connectivity index (χ2n) is 8.39. The van der Waals surface area contributed by atoms with E-state index in [1.54, 1.807) is 7.05 Å². The van der Waals surface area contributed by atoms with Crippen molar-refractivity contribution in [2.45, 2.75) is 38.8 Å². The lowest BCUT2D eigenvalue weighted by Gasteiger charge is -2.19. The van der Waals surface area contributed by atoms with E-state index in [1.165, 1.54) is 23.1 Å². The topological polar surface area (TPSA) is 41.9 Å². The van der Waals surface area contributed by atoms with Gasteiger partial charge in [-0.3, -0.25) is 9.89 Å². The van der Waals surface area contributed by atoms with Crippen LogP contribution in [0.3, 0.4) is 0 Å². The molecule has 6 heteroatoms. The van der Waals surface area contributed by atoms with Gasteiger partial charge in [-0.1, -0.05) is 42.5 Å². The molecule has 3 aromatic rings. The summed E-state index contributed by atoms with van der Waals surface area (Å²) in [5.41, 5.74) is 4.27. The average Bonchev–Trinajstić information content (AvgIpc) is 3.28. The highest BCUT2D eigenvalue weighted by Crippen LogP contribution is 2.33. The van der Waals surface area contributed by atoms with Crippen molar-refractivity contribution in [3.63, 3.8) is 0 Å². The van der Waals surface area contributed by atoms with Crippen LogP contribution in [0.15, 0.2) is 71.7 Å².